The molecule has 2 heterocycles. The largest absolute Gasteiger partial charge is 0.842 e. The summed E-state index contributed by atoms with van der Waals surface area (Å²) < 4.78 is 22.2. The van der Waals surface area contributed by atoms with E-state index in [1.807, 2.05) is 13.8 Å². The Labute approximate surface area is 102 Å². The van der Waals surface area contributed by atoms with Gasteiger partial charge in [0.2, 0.25) is 0 Å². The Hall–Kier alpha value is 0.190. The van der Waals surface area contributed by atoms with Gasteiger partial charge >= 0.3 is 0 Å². The fourth-order valence-electron chi connectivity index (χ4n) is 2.30. The lowest BCUT2D eigenvalue weighted by atomic mass is 10.1. The highest BCUT2D eigenvalue weighted by Crippen LogP contribution is 2.40. The minimum atomic E-state index is -2.39. The molecular formula is C10H17O6P-2. The van der Waals surface area contributed by atoms with Gasteiger partial charge in [0.05, 0.1) is 6.10 Å². The van der Waals surface area contributed by atoms with E-state index in [9.17, 15) is 9.79 Å². The van der Waals surface area contributed by atoms with Crippen LogP contribution in [0.1, 0.15) is 20.3 Å². The van der Waals surface area contributed by atoms with Crippen molar-refractivity contribution >= 4 is 8.38 Å². The van der Waals surface area contributed by atoms with E-state index >= 15 is 0 Å². The molecule has 0 unspecified atom stereocenters. The van der Waals surface area contributed by atoms with Gasteiger partial charge in [0, 0.05) is 7.11 Å². The zero-order valence-corrected chi connectivity index (χ0v) is 11.0. The van der Waals surface area contributed by atoms with E-state index in [2.05, 4.69) is 0 Å². The molecule has 17 heavy (non-hydrogen) atoms. The third-order valence-corrected chi connectivity index (χ3v) is 3.56. The van der Waals surface area contributed by atoms with E-state index in [1.54, 1.807) is 0 Å². The zero-order chi connectivity index (χ0) is 12.6. The average Bonchev–Trinajstić information content (AvgIpc) is 2.68. The highest BCUT2D eigenvalue weighted by atomic mass is 31.2. The Bertz CT molecular complexity index is 272. The van der Waals surface area contributed by atoms with Crippen molar-refractivity contribution in [3.63, 3.8) is 0 Å². The van der Waals surface area contributed by atoms with Crippen molar-refractivity contribution < 1.29 is 28.7 Å². The molecule has 0 aromatic heterocycles. The molecule has 0 N–H and O–H groups in total. The molecule has 0 aromatic rings. The number of fused-ring (bicyclic) bond motifs is 1. The second-order valence-electron chi connectivity index (χ2n) is 4.69. The molecule has 0 saturated carbocycles. The van der Waals surface area contributed by atoms with Gasteiger partial charge in [0.25, 0.3) is 0 Å². The highest BCUT2D eigenvalue weighted by molar-refractivity contribution is 7.41. The van der Waals surface area contributed by atoms with Crippen molar-refractivity contribution in [2.24, 2.45) is 0 Å². The van der Waals surface area contributed by atoms with Gasteiger partial charge in [-0.2, -0.15) is 0 Å². The van der Waals surface area contributed by atoms with E-state index in [0.717, 1.165) is 0 Å². The molecule has 2 aliphatic heterocycles. The minimum Gasteiger partial charge on any atom is -0.842 e. The summed E-state index contributed by atoms with van der Waals surface area (Å²) >= 11 is 0. The standard InChI is InChI=1S/C10H17O6P/c1-10(2)15-7-6(4-5-17(11)12)14-9(13-3)8(7)16-10/h6-9H,4-5H2,1-3H3/q-2/t6-,7-,8-,9-/m1/s1. The number of hydrogen-bond donors (Lipinski definition) is 0. The first-order valence-corrected chi connectivity index (χ1v) is 6.95. The topological polar surface area (TPSA) is 83.0 Å². The van der Waals surface area contributed by atoms with Gasteiger partial charge in [-0.25, -0.2) is 0 Å². The maximum absolute atomic E-state index is 10.6. The monoisotopic (exact) mass is 264 g/mol. The second kappa shape index (κ2) is 5.05. The smallest absolute Gasteiger partial charge is 0.186 e. The van der Waals surface area contributed by atoms with Crippen LogP contribution in [0.5, 0.6) is 0 Å². The van der Waals surface area contributed by atoms with Gasteiger partial charge in [0.1, 0.15) is 12.2 Å². The quantitative estimate of drug-likeness (QED) is 0.624. The number of methoxy groups -OCH3 is 1. The van der Waals surface area contributed by atoms with Crippen LogP contribution in [0.4, 0.5) is 0 Å². The third-order valence-electron chi connectivity index (χ3n) is 2.94. The lowest BCUT2D eigenvalue weighted by Crippen LogP contribution is -2.31. The zero-order valence-electron chi connectivity index (χ0n) is 10.1. The first-order chi connectivity index (χ1) is 7.93. The van der Waals surface area contributed by atoms with Crippen LogP contribution < -0.4 is 9.79 Å². The molecule has 0 spiro atoms. The first-order valence-electron chi connectivity index (χ1n) is 5.58. The summed E-state index contributed by atoms with van der Waals surface area (Å²) in [6, 6.07) is 0. The van der Waals surface area contributed by atoms with Crippen molar-refractivity contribution in [3.05, 3.63) is 0 Å². The van der Waals surface area contributed by atoms with E-state index < -0.39 is 20.5 Å². The van der Waals surface area contributed by atoms with Crippen molar-refractivity contribution in [1.29, 1.82) is 0 Å². The molecule has 2 rings (SSSR count). The predicted molar refractivity (Wildman–Crippen MR) is 55.9 cm³/mol. The first kappa shape index (κ1) is 13.6. The lowest BCUT2D eigenvalue weighted by Gasteiger charge is -2.32. The van der Waals surface area contributed by atoms with Crippen LogP contribution in [0.3, 0.4) is 0 Å². The summed E-state index contributed by atoms with van der Waals surface area (Å²) in [5, 5.41) is 0. The Balaban J connectivity index is 2.00. The summed E-state index contributed by atoms with van der Waals surface area (Å²) in [6.07, 6.45) is -0.840. The minimum absolute atomic E-state index is 0.0867. The predicted octanol–water partition coefficient (Wildman–Crippen LogP) is -0.700. The van der Waals surface area contributed by atoms with Gasteiger partial charge in [0.15, 0.2) is 12.1 Å². The van der Waals surface area contributed by atoms with Crippen molar-refractivity contribution in [2.75, 3.05) is 13.3 Å². The Morgan fingerprint density at radius 2 is 1.88 bits per heavy atom. The molecule has 2 fully saturated rings. The molecular weight excluding hydrogens is 247 g/mol. The normalized spacial score (nSPS) is 39.9. The van der Waals surface area contributed by atoms with Crippen LogP contribution in [0, 0.1) is 0 Å². The molecule has 2 saturated heterocycles. The highest BCUT2D eigenvalue weighted by Gasteiger charge is 2.55. The van der Waals surface area contributed by atoms with Crippen LogP contribution in [-0.2, 0) is 18.9 Å². The molecule has 6 nitrogen and oxygen atoms in total. The van der Waals surface area contributed by atoms with E-state index in [0.29, 0.717) is 6.42 Å². The van der Waals surface area contributed by atoms with Crippen LogP contribution in [0.15, 0.2) is 0 Å². The van der Waals surface area contributed by atoms with Gasteiger partial charge in [-0.3, -0.25) is 0 Å². The van der Waals surface area contributed by atoms with Crippen LogP contribution in [-0.4, -0.2) is 43.7 Å². The number of ether oxygens (including phenoxy) is 4. The summed E-state index contributed by atoms with van der Waals surface area (Å²) in [6.45, 7) is 3.65. The average molecular weight is 264 g/mol. The second-order valence-corrected chi connectivity index (χ2v) is 5.80. The maximum atomic E-state index is 10.6. The Kier molecular flexibility index (Phi) is 4.05. The van der Waals surface area contributed by atoms with Gasteiger partial charge in [-0.05, 0) is 20.3 Å². The fraction of sp³-hybridized carbons (Fsp3) is 1.00. The SMILES string of the molecule is CO[C@@H]1O[C@H](CCP([O-])[O-])[C@H]2OC(C)(C)O[C@@H]12. The third kappa shape index (κ3) is 2.96. The fourth-order valence-corrected chi connectivity index (χ4v) is 2.76. The molecule has 7 heteroatoms. The van der Waals surface area contributed by atoms with Crippen molar-refractivity contribution in [1.82, 2.24) is 0 Å². The van der Waals surface area contributed by atoms with Crippen LogP contribution in [0.2, 0.25) is 0 Å². The lowest BCUT2D eigenvalue weighted by molar-refractivity contribution is -0.292. The maximum Gasteiger partial charge on any atom is 0.186 e. The van der Waals surface area contributed by atoms with E-state index in [-0.39, 0.29) is 24.5 Å². The van der Waals surface area contributed by atoms with Crippen LogP contribution >= 0.6 is 8.38 Å². The summed E-state index contributed by atoms with van der Waals surface area (Å²) in [7, 11) is -0.860. The van der Waals surface area contributed by atoms with Crippen molar-refractivity contribution in [3.8, 4) is 0 Å². The van der Waals surface area contributed by atoms with Crippen molar-refractivity contribution in [2.45, 2.75) is 50.7 Å². The molecule has 2 aliphatic rings. The summed E-state index contributed by atoms with van der Waals surface area (Å²) in [5.41, 5.74) is 0. The molecule has 0 aromatic carbocycles. The Morgan fingerprint density at radius 3 is 2.47 bits per heavy atom. The molecule has 0 aliphatic carbocycles. The Morgan fingerprint density at radius 1 is 1.24 bits per heavy atom. The molecule has 0 amide bonds. The number of hydrogen-bond acceptors (Lipinski definition) is 6. The van der Waals surface area contributed by atoms with Gasteiger partial charge < -0.3 is 37.1 Å². The van der Waals surface area contributed by atoms with E-state index in [4.69, 9.17) is 18.9 Å². The van der Waals surface area contributed by atoms with Gasteiger partial charge in [-0.1, -0.05) is 6.16 Å². The molecule has 0 radical (unpaired) electrons. The molecule has 4 atom stereocenters. The number of rotatable bonds is 4. The van der Waals surface area contributed by atoms with Gasteiger partial charge in [-0.15, -0.1) is 0 Å². The molecule has 0 bridgehead atoms. The summed E-state index contributed by atoms with van der Waals surface area (Å²) in [5.74, 6) is -0.673. The summed E-state index contributed by atoms with van der Waals surface area (Å²) in [4.78, 5) is 21.2. The molecule has 100 valence electrons. The van der Waals surface area contributed by atoms with Crippen LogP contribution in [0.25, 0.3) is 0 Å². The van der Waals surface area contributed by atoms with E-state index in [1.165, 1.54) is 7.11 Å².